The number of nitrogens with zero attached hydrogens (tertiary/aromatic N) is 1. The van der Waals surface area contributed by atoms with Crippen molar-refractivity contribution in [2.24, 2.45) is 17.1 Å². The van der Waals surface area contributed by atoms with Gasteiger partial charge < -0.3 is 15.7 Å². The molecule has 2 rings (SSSR count). The monoisotopic (exact) mass is 268 g/mol. The van der Waals surface area contributed by atoms with Gasteiger partial charge >= 0.3 is 5.97 Å². The number of carboxylic acid groups (broad SMARTS) is 1. The zero-order valence-electron chi connectivity index (χ0n) is 11.8. The summed E-state index contributed by atoms with van der Waals surface area (Å²) < 4.78 is 0. The van der Waals surface area contributed by atoms with E-state index in [0.717, 1.165) is 19.3 Å². The lowest BCUT2D eigenvalue weighted by Crippen LogP contribution is -2.54. The minimum Gasteiger partial charge on any atom is -0.481 e. The summed E-state index contributed by atoms with van der Waals surface area (Å²) in [5.41, 5.74) is 5.65. The van der Waals surface area contributed by atoms with Crippen LogP contribution in [-0.2, 0) is 9.59 Å². The molecule has 1 amide bonds. The summed E-state index contributed by atoms with van der Waals surface area (Å²) in [4.78, 5) is 25.6. The topological polar surface area (TPSA) is 83.6 Å². The van der Waals surface area contributed by atoms with Gasteiger partial charge in [0, 0.05) is 18.6 Å². The van der Waals surface area contributed by atoms with E-state index in [4.69, 9.17) is 10.8 Å². The largest absolute Gasteiger partial charge is 0.481 e. The van der Waals surface area contributed by atoms with E-state index in [-0.39, 0.29) is 23.9 Å². The minimum atomic E-state index is -0.747. The van der Waals surface area contributed by atoms with Crippen LogP contribution in [-0.4, -0.2) is 40.5 Å². The predicted molar refractivity (Wildman–Crippen MR) is 71.5 cm³/mol. The van der Waals surface area contributed by atoms with Crippen LogP contribution >= 0.6 is 0 Å². The highest BCUT2D eigenvalue weighted by atomic mass is 16.4. The molecule has 1 aliphatic carbocycles. The molecule has 2 fully saturated rings. The van der Waals surface area contributed by atoms with E-state index in [1.54, 1.807) is 0 Å². The molecule has 1 saturated heterocycles. The van der Waals surface area contributed by atoms with Crippen molar-refractivity contribution in [2.75, 3.05) is 6.54 Å². The molecule has 5 heteroatoms. The van der Waals surface area contributed by atoms with Crippen molar-refractivity contribution in [1.29, 1.82) is 0 Å². The standard InChI is InChI=1S/C14H24N2O3/c1-9-8-10(12(17)18)5-7-16(9)13(19)14(2)6-3-4-11(14)15/h9-11H,3-8,15H2,1-2H3,(H,17,18). The molecule has 3 N–H and O–H groups in total. The van der Waals surface area contributed by atoms with Gasteiger partial charge in [0.05, 0.1) is 11.3 Å². The zero-order chi connectivity index (χ0) is 14.2. The van der Waals surface area contributed by atoms with E-state index in [1.807, 2.05) is 18.7 Å². The quantitative estimate of drug-likeness (QED) is 0.788. The first-order valence-electron chi connectivity index (χ1n) is 7.15. The molecule has 19 heavy (non-hydrogen) atoms. The third kappa shape index (κ3) is 2.48. The van der Waals surface area contributed by atoms with Crippen LogP contribution < -0.4 is 5.73 Å². The van der Waals surface area contributed by atoms with E-state index in [2.05, 4.69) is 0 Å². The molecule has 0 aromatic heterocycles. The Hall–Kier alpha value is -1.10. The first-order valence-corrected chi connectivity index (χ1v) is 7.15. The molecule has 1 saturated carbocycles. The van der Waals surface area contributed by atoms with Crippen LogP contribution in [0.15, 0.2) is 0 Å². The van der Waals surface area contributed by atoms with Crippen molar-refractivity contribution in [2.45, 2.75) is 58.0 Å². The Bertz CT molecular complexity index is 385. The summed E-state index contributed by atoms with van der Waals surface area (Å²) in [5.74, 6) is -0.944. The normalized spacial score (nSPS) is 39.3. The van der Waals surface area contributed by atoms with E-state index >= 15 is 0 Å². The smallest absolute Gasteiger partial charge is 0.306 e. The first kappa shape index (κ1) is 14.3. The Balaban J connectivity index is 2.07. The average molecular weight is 268 g/mol. The van der Waals surface area contributed by atoms with Crippen LogP contribution in [0, 0.1) is 11.3 Å². The summed E-state index contributed by atoms with van der Waals surface area (Å²) in [5, 5.41) is 9.06. The Labute approximate surface area is 114 Å². The Kier molecular flexibility index (Phi) is 3.85. The maximum Gasteiger partial charge on any atom is 0.306 e. The number of carboxylic acids is 1. The van der Waals surface area contributed by atoms with Gasteiger partial charge in [-0.05, 0) is 39.5 Å². The third-order valence-corrected chi connectivity index (χ3v) is 5.00. The number of aliphatic carboxylic acids is 1. The van der Waals surface area contributed by atoms with Crippen molar-refractivity contribution in [3.05, 3.63) is 0 Å². The van der Waals surface area contributed by atoms with Gasteiger partial charge in [0.2, 0.25) is 5.91 Å². The fraction of sp³-hybridized carbons (Fsp3) is 0.857. The highest BCUT2D eigenvalue weighted by Crippen LogP contribution is 2.40. The van der Waals surface area contributed by atoms with Crippen molar-refractivity contribution in [1.82, 2.24) is 4.90 Å². The van der Waals surface area contributed by atoms with E-state index in [1.165, 1.54) is 0 Å². The fourth-order valence-electron chi connectivity index (χ4n) is 3.48. The van der Waals surface area contributed by atoms with Crippen molar-refractivity contribution >= 4 is 11.9 Å². The van der Waals surface area contributed by atoms with Gasteiger partial charge in [0.1, 0.15) is 0 Å². The van der Waals surface area contributed by atoms with Gasteiger partial charge in [-0.25, -0.2) is 0 Å². The third-order valence-electron chi connectivity index (χ3n) is 5.00. The molecule has 2 aliphatic rings. The number of piperidine rings is 1. The molecule has 0 bridgehead atoms. The highest BCUT2D eigenvalue weighted by molar-refractivity contribution is 5.84. The molecule has 0 aromatic carbocycles. The van der Waals surface area contributed by atoms with Crippen molar-refractivity contribution in [3.8, 4) is 0 Å². The maximum absolute atomic E-state index is 12.7. The lowest BCUT2D eigenvalue weighted by molar-refractivity contribution is -0.151. The SMILES string of the molecule is CC1CC(C(=O)O)CCN1C(=O)C1(C)CCCC1N. The minimum absolute atomic E-state index is 0.00743. The molecule has 108 valence electrons. The van der Waals surface area contributed by atoms with Crippen LogP contribution in [0.1, 0.15) is 46.0 Å². The molecule has 5 nitrogen and oxygen atoms in total. The predicted octanol–water partition coefficient (Wildman–Crippen LogP) is 1.22. The summed E-state index contributed by atoms with van der Waals surface area (Å²) in [6.07, 6.45) is 3.85. The molecule has 0 radical (unpaired) electrons. The van der Waals surface area contributed by atoms with Crippen LogP contribution in [0.25, 0.3) is 0 Å². The number of hydrogen-bond donors (Lipinski definition) is 2. The molecule has 1 heterocycles. The van der Waals surface area contributed by atoms with Crippen LogP contribution in [0.4, 0.5) is 0 Å². The molecule has 4 unspecified atom stereocenters. The second-order valence-electron chi connectivity index (χ2n) is 6.32. The van der Waals surface area contributed by atoms with Gasteiger partial charge in [-0.15, -0.1) is 0 Å². The number of likely N-dealkylation sites (tertiary alicyclic amines) is 1. The molecule has 0 aromatic rings. The molecule has 0 spiro atoms. The molecule has 1 aliphatic heterocycles. The number of hydrogen-bond acceptors (Lipinski definition) is 3. The lowest BCUT2D eigenvalue weighted by Gasteiger charge is -2.41. The average Bonchev–Trinajstić information content (AvgIpc) is 2.70. The lowest BCUT2D eigenvalue weighted by atomic mass is 9.81. The van der Waals surface area contributed by atoms with E-state index < -0.39 is 11.4 Å². The zero-order valence-corrected chi connectivity index (χ0v) is 11.8. The number of carbonyl (C=O) groups is 2. The second kappa shape index (κ2) is 5.12. The van der Waals surface area contributed by atoms with Crippen molar-refractivity contribution in [3.63, 3.8) is 0 Å². The Morgan fingerprint density at radius 2 is 2.05 bits per heavy atom. The van der Waals surface area contributed by atoms with Crippen LogP contribution in [0.3, 0.4) is 0 Å². The van der Waals surface area contributed by atoms with E-state index in [0.29, 0.717) is 19.4 Å². The first-order chi connectivity index (χ1) is 8.86. The second-order valence-corrected chi connectivity index (χ2v) is 6.32. The van der Waals surface area contributed by atoms with Gasteiger partial charge in [-0.2, -0.15) is 0 Å². The molecule has 4 atom stereocenters. The van der Waals surface area contributed by atoms with Crippen LogP contribution in [0.5, 0.6) is 0 Å². The van der Waals surface area contributed by atoms with Gasteiger partial charge in [0.15, 0.2) is 0 Å². The fourth-order valence-corrected chi connectivity index (χ4v) is 3.48. The maximum atomic E-state index is 12.7. The Morgan fingerprint density at radius 1 is 1.37 bits per heavy atom. The van der Waals surface area contributed by atoms with Gasteiger partial charge in [-0.3, -0.25) is 9.59 Å². The number of rotatable bonds is 2. The summed E-state index contributed by atoms with van der Waals surface area (Å²) in [7, 11) is 0. The summed E-state index contributed by atoms with van der Waals surface area (Å²) >= 11 is 0. The summed E-state index contributed by atoms with van der Waals surface area (Å²) in [6.45, 7) is 4.44. The molecular formula is C14H24N2O3. The van der Waals surface area contributed by atoms with Crippen LogP contribution in [0.2, 0.25) is 0 Å². The highest BCUT2D eigenvalue weighted by Gasteiger charge is 2.47. The number of amides is 1. The van der Waals surface area contributed by atoms with E-state index in [9.17, 15) is 9.59 Å². The Morgan fingerprint density at radius 3 is 2.53 bits per heavy atom. The molecular weight excluding hydrogens is 244 g/mol. The van der Waals surface area contributed by atoms with Crippen molar-refractivity contribution < 1.29 is 14.7 Å². The number of carbonyl (C=O) groups excluding carboxylic acids is 1. The van der Waals surface area contributed by atoms with Gasteiger partial charge in [0.25, 0.3) is 0 Å². The number of nitrogens with two attached hydrogens (primary N) is 1. The summed E-state index contributed by atoms with van der Waals surface area (Å²) in [6, 6.07) is -0.0728. The van der Waals surface area contributed by atoms with Gasteiger partial charge in [-0.1, -0.05) is 6.42 Å².